The van der Waals surface area contributed by atoms with Gasteiger partial charge in [-0.15, -0.1) is 0 Å². The van der Waals surface area contributed by atoms with Gasteiger partial charge in [0.05, 0.1) is 16.8 Å². The fourth-order valence-electron chi connectivity index (χ4n) is 2.28. The zero-order chi connectivity index (χ0) is 9.97. The molecule has 1 heterocycles. The molecule has 1 aromatic heterocycles. The molecule has 0 amide bonds. The Bertz CT molecular complexity index is 291. The predicted octanol–water partition coefficient (Wildman–Crippen LogP) is 3.62. The monoisotopic (exact) mass is 257 g/mol. The molecule has 14 heavy (non-hydrogen) atoms. The molecule has 1 aliphatic carbocycles. The molecule has 1 fully saturated rings. The van der Waals surface area contributed by atoms with Crippen LogP contribution < -0.4 is 5.73 Å². The third-order valence-corrected chi connectivity index (χ3v) is 3.70. The summed E-state index contributed by atoms with van der Waals surface area (Å²) in [4.78, 5) is 0. The van der Waals surface area contributed by atoms with E-state index in [4.69, 9.17) is 10.2 Å². The van der Waals surface area contributed by atoms with Gasteiger partial charge in [0.1, 0.15) is 5.76 Å². The maximum atomic E-state index is 6.10. The SMILES string of the molecule is NC(CC1CCCC1)c1occc1Br. The molecular formula is C11H16BrNO. The molecule has 0 bridgehead atoms. The van der Waals surface area contributed by atoms with E-state index in [1.165, 1.54) is 25.7 Å². The molecule has 2 rings (SSSR count). The van der Waals surface area contributed by atoms with E-state index >= 15 is 0 Å². The van der Waals surface area contributed by atoms with E-state index in [0.717, 1.165) is 22.6 Å². The number of hydrogen-bond donors (Lipinski definition) is 1. The predicted molar refractivity (Wildman–Crippen MR) is 59.9 cm³/mol. The van der Waals surface area contributed by atoms with Gasteiger partial charge in [0.25, 0.3) is 0 Å². The highest BCUT2D eigenvalue weighted by molar-refractivity contribution is 9.10. The summed E-state index contributed by atoms with van der Waals surface area (Å²) < 4.78 is 6.37. The molecule has 3 heteroatoms. The maximum absolute atomic E-state index is 6.10. The van der Waals surface area contributed by atoms with Gasteiger partial charge in [-0.25, -0.2) is 0 Å². The van der Waals surface area contributed by atoms with Crippen LogP contribution in [0.1, 0.15) is 43.9 Å². The normalized spacial score (nSPS) is 20.1. The Labute approximate surface area is 93.0 Å². The summed E-state index contributed by atoms with van der Waals surface area (Å²) in [5.74, 6) is 1.71. The van der Waals surface area contributed by atoms with Crippen molar-refractivity contribution < 1.29 is 4.42 Å². The van der Waals surface area contributed by atoms with Crippen molar-refractivity contribution in [1.82, 2.24) is 0 Å². The third-order valence-electron chi connectivity index (χ3n) is 3.04. The number of halogens is 1. The molecule has 1 unspecified atom stereocenters. The average molecular weight is 258 g/mol. The van der Waals surface area contributed by atoms with Crippen molar-refractivity contribution in [1.29, 1.82) is 0 Å². The van der Waals surface area contributed by atoms with Crippen molar-refractivity contribution in [3.63, 3.8) is 0 Å². The van der Waals surface area contributed by atoms with Crippen molar-refractivity contribution in [2.45, 2.75) is 38.1 Å². The molecule has 1 aromatic rings. The molecule has 0 aromatic carbocycles. The van der Waals surface area contributed by atoms with Crippen LogP contribution in [0.3, 0.4) is 0 Å². The Kier molecular flexibility index (Phi) is 3.29. The van der Waals surface area contributed by atoms with Crippen molar-refractivity contribution in [2.24, 2.45) is 11.7 Å². The number of hydrogen-bond acceptors (Lipinski definition) is 2. The minimum absolute atomic E-state index is 0.0578. The first kappa shape index (κ1) is 10.2. The van der Waals surface area contributed by atoms with Gasteiger partial charge in [-0.05, 0) is 34.3 Å². The lowest BCUT2D eigenvalue weighted by atomic mass is 9.98. The van der Waals surface area contributed by atoms with Gasteiger partial charge in [0.15, 0.2) is 0 Å². The van der Waals surface area contributed by atoms with E-state index in [1.54, 1.807) is 6.26 Å². The summed E-state index contributed by atoms with van der Waals surface area (Å²) in [6.45, 7) is 0. The fourth-order valence-corrected chi connectivity index (χ4v) is 2.78. The van der Waals surface area contributed by atoms with Crippen molar-refractivity contribution in [3.05, 3.63) is 22.6 Å². The van der Waals surface area contributed by atoms with Crippen LogP contribution in [0, 0.1) is 5.92 Å². The second-order valence-corrected chi connectivity index (χ2v) is 4.98. The van der Waals surface area contributed by atoms with Crippen molar-refractivity contribution >= 4 is 15.9 Å². The lowest BCUT2D eigenvalue weighted by Gasteiger charge is -2.14. The number of furan rings is 1. The molecule has 1 saturated carbocycles. The van der Waals surface area contributed by atoms with E-state index in [0.29, 0.717) is 0 Å². The Morgan fingerprint density at radius 2 is 2.21 bits per heavy atom. The Morgan fingerprint density at radius 1 is 1.50 bits per heavy atom. The van der Waals surface area contributed by atoms with Gasteiger partial charge < -0.3 is 10.2 Å². The van der Waals surface area contributed by atoms with Gasteiger partial charge in [-0.1, -0.05) is 25.7 Å². The van der Waals surface area contributed by atoms with Crippen LogP contribution in [0.4, 0.5) is 0 Å². The van der Waals surface area contributed by atoms with Crippen LogP contribution in [-0.2, 0) is 0 Å². The van der Waals surface area contributed by atoms with E-state index < -0.39 is 0 Å². The molecule has 78 valence electrons. The highest BCUT2D eigenvalue weighted by atomic mass is 79.9. The van der Waals surface area contributed by atoms with Crippen LogP contribution in [0.15, 0.2) is 21.2 Å². The maximum Gasteiger partial charge on any atom is 0.134 e. The molecule has 1 atom stereocenters. The third kappa shape index (κ3) is 2.20. The van der Waals surface area contributed by atoms with E-state index in [1.807, 2.05) is 6.07 Å². The van der Waals surface area contributed by atoms with Gasteiger partial charge in [-0.2, -0.15) is 0 Å². The lowest BCUT2D eigenvalue weighted by Crippen LogP contribution is -2.13. The van der Waals surface area contributed by atoms with Crippen LogP contribution in [0.5, 0.6) is 0 Å². The average Bonchev–Trinajstić information content (AvgIpc) is 2.75. The van der Waals surface area contributed by atoms with Crippen LogP contribution in [0.2, 0.25) is 0 Å². The summed E-state index contributed by atoms with van der Waals surface area (Å²) in [6.07, 6.45) is 8.17. The molecule has 0 spiro atoms. The molecule has 1 aliphatic rings. The first-order valence-corrected chi connectivity index (χ1v) is 6.05. The summed E-state index contributed by atoms with van der Waals surface area (Å²) in [5, 5.41) is 0. The molecule has 2 N–H and O–H groups in total. The van der Waals surface area contributed by atoms with Gasteiger partial charge in [0, 0.05) is 0 Å². The van der Waals surface area contributed by atoms with Gasteiger partial charge in [-0.3, -0.25) is 0 Å². The Hall–Kier alpha value is -0.280. The molecule has 0 aliphatic heterocycles. The summed E-state index contributed by atoms with van der Waals surface area (Å²) in [5.41, 5.74) is 6.10. The standard InChI is InChI=1S/C11H16BrNO/c12-9-5-6-14-11(9)10(13)7-8-3-1-2-4-8/h5-6,8,10H,1-4,7,13H2. The first-order valence-electron chi connectivity index (χ1n) is 5.26. The number of nitrogens with two attached hydrogens (primary N) is 1. The lowest BCUT2D eigenvalue weighted by molar-refractivity contribution is 0.389. The highest BCUT2D eigenvalue weighted by Crippen LogP contribution is 2.34. The molecular weight excluding hydrogens is 242 g/mol. The van der Waals surface area contributed by atoms with Crippen molar-refractivity contribution in [3.8, 4) is 0 Å². The molecule has 2 nitrogen and oxygen atoms in total. The van der Waals surface area contributed by atoms with Gasteiger partial charge in [0.2, 0.25) is 0 Å². The fraction of sp³-hybridized carbons (Fsp3) is 0.636. The quantitative estimate of drug-likeness (QED) is 0.899. The Balaban J connectivity index is 1.95. The van der Waals surface area contributed by atoms with Crippen LogP contribution in [-0.4, -0.2) is 0 Å². The number of rotatable bonds is 3. The zero-order valence-corrected chi connectivity index (χ0v) is 9.79. The summed E-state index contributed by atoms with van der Waals surface area (Å²) in [6, 6.07) is 1.96. The highest BCUT2D eigenvalue weighted by Gasteiger charge is 2.21. The van der Waals surface area contributed by atoms with Crippen molar-refractivity contribution in [2.75, 3.05) is 0 Å². The molecule has 0 radical (unpaired) electrons. The van der Waals surface area contributed by atoms with E-state index in [9.17, 15) is 0 Å². The Morgan fingerprint density at radius 3 is 2.79 bits per heavy atom. The topological polar surface area (TPSA) is 39.2 Å². The van der Waals surface area contributed by atoms with E-state index in [-0.39, 0.29) is 6.04 Å². The minimum atomic E-state index is 0.0578. The van der Waals surface area contributed by atoms with Gasteiger partial charge >= 0.3 is 0 Å². The zero-order valence-electron chi connectivity index (χ0n) is 8.21. The largest absolute Gasteiger partial charge is 0.466 e. The summed E-state index contributed by atoms with van der Waals surface area (Å²) in [7, 11) is 0. The first-order chi connectivity index (χ1) is 6.77. The van der Waals surface area contributed by atoms with E-state index in [2.05, 4.69) is 15.9 Å². The van der Waals surface area contributed by atoms with Crippen LogP contribution >= 0.6 is 15.9 Å². The second-order valence-electron chi connectivity index (χ2n) is 4.13. The minimum Gasteiger partial charge on any atom is -0.466 e. The smallest absolute Gasteiger partial charge is 0.134 e. The van der Waals surface area contributed by atoms with Crippen LogP contribution in [0.25, 0.3) is 0 Å². The summed E-state index contributed by atoms with van der Waals surface area (Å²) >= 11 is 3.44. The second kappa shape index (κ2) is 4.49. The molecule has 0 saturated heterocycles.